The summed E-state index contributed by atoms with van der Waals surface area (Å²) in [6, 6.07) is 4.11. The third kappa shape index (κ3) is 2.98. The lowest BCUT2D eigenvalue weighted by Crippen LogP contribution is -2.27. The maximum Gasteiger partial charge on any atom is 0.274 e. The van der Waals surface area contributed by atoms with Gasteiger partial charge in [-0.2, -0.15) is 5.10 Å². The number of H-pyrrole nitrogens is 1. The van der Waals surface area contributed by atoms with Gasteiger partial charge in [-0.1, -0.05) is 12.1 Å². The second-order valence-corrected chi connectivity index (χ2v) is 5.75. The fraction of sp³-hybridized carbons (Fsp3) is 0.412. The van der Waals surface area contributed by atoms with Gasteiger partial charge in [-0.15, -0.1) is 0 Å². The Hall–Kier alpha value is -2.30. The summed E-state index contributed by atoms with van der Waals surface area (Å²) in [6.45, 7) is 8.38. The van der Waals surface area contributed by atoms with Crippen LogP contribution in [-0.2, 0) is 6.54 Å². The SMILES string of the molecule is COc1c(C)cc(CN(C)C(=O)c2n[nH]c(C)c2C)cc1C. The van der Waals surface area contributed by atoms with Gasteiger partial charge < -0.3 is 9.64 Å². The van der Waals surface area contributed by atoms with E-state index >= 15 is 0 Å². The van der Waals surface area contributed by atoms with Crippen molar-refractivity contribution in [1.29, 1.82) is 0 Å². The zero-order chi connectivity index (χ0) is 16.4. The second kappa shape index (κ2) is 6.22. The number of nitrogens with one attached hydrogen (secondary N) is 1. The van der Waals surface area contributed by atoms with Crippen LogP contribution in [0.25, 0.3) is 0 Å². The first kappa shape index (κ1) is 16.1. The molecule has 0 unspecified atom stereocenters. The molecule has 1 aromatic heterocycles. The number of hydrogen-bond donors (Lipinski definition) is 1. The van der Waals surface area contributed by atoms with Gasteiger partial charge in [-0.05, 0) is 44.4 Å². The molecule has 0 saturated heterocycles. The van der Waals surface area contributed by atoms with E-state index in [1.165, 1.54) is 0 Å². The molecule has 0 fully saturated rings. The smallest absolute Gasteiger partial charge is 0.274 e. The summed E-state index contributed by atoms with van der Waals surface area (Å²) >= 11 is 0. The van der Waals surface area contributed by atoms with Crippen molar-refractivity contribution < 1.29 is 9.53 Å². The zero-order valence-corrected chi connectivity index (χ0v) is 14.1. The number of carbonyl (C=O) groups is 1. The van der Waals surface area contributed by atoms with Gasteiger partial charge in [0.25, 0.3) is 5.91 Å². The van der Waals surface area contributed by atoms with Crippen LogP contribution in [0, 0.1) is 27.7 Å². The Bertz CT molecular complexity index is 681. The second-order valence-electron chi connectivity index (χ2n) is 5.75. The van der Waals surface area contributed by atoms with E-state index in [1.54, 1.807) is 19.1 Å². The molecule has 22 heavy (non-hydrogen) atoms. The lowest BCUT2D eigenvalue weighted by molar-refractivity contribution is 0.0778. The maximum atomic E-state index is 12.5. The molecule has 2 rings (SSSR count). The van der Waals surface area contributed by atoms with Gasteiger partial charge in [0.05, 0.1) is 7.11 Å². The summed E-state index contributed by atoms with van der Waals surface area (Å²) in [6.07, 6.45) is 0. The van der Waals surface area contributed by atoms with Crippen molar-refractivity contribution in [1.82, 2.24) is 15.1 Å². The van der Waals surface area contributed by atoms with Crippen LogP contribution in [0.4, 0.5) is 0 Å². The summed E-state index contributed by atoms with van der Waals surface area (Å²) in [5, 5.41) is 6.96. The topological polar surface area (TPSA) is 58.2 Å². The van der Waals surface area contributed by atoms with E-state index in [9.17, 15) is 4.79 Å². The Labute approximate surface area is 131 Å². The van der Waals surface area contributed by atoms with E-state index in [0.717, 1.165) is 33.7 Å². The minimum Gasteiger partial charge on any atom is -0.496 e. The number of benzene rings is 1. The lowest BCUT2D eigenvalue weighted by Gasteiger charge is -2.18. The van der Waals surface area contributed by atoms with Crippen LogP contribution in [0.15, 0.2) is 12.1 Å². The molecule has 1 heterocycles. The molecule has 0 radical (unpaired) electrons. The molecule has 2 aromatic rings. The highest BCUT2D eigenvalue weighted by molar-refractivity contribution is 5.93. The van der Waals surface area contributed by atoms with Gasteiger partial charge in [0.1, 0.15) is 5.75 Å². The maximum absolute atomic E-state index is 12.5. The number of aryl methyl sites for hydroxylation is 3. The minimum atomic E-state index is -0.0759. The third-order valence-electron chi connectivity index (χ3n) is 3.95. The largest absolute Gasteiger partial charge is 0.496 e. The molecule has 5 nitrogen and oxygen atoms in total. The summed E-state index contributed by atoms with van der Waals surface area (Å²) in [5.74, 6) is 0.824. The number of aromatic nitrogens is 2. The average Bonchev–Trinajstić information content (AvgIpc) is 2.78. The van der Waals surface area contributed by atoms with Gasteiger partial charge in [0.2, 0.25) is 0 Å². The Balaban J connectivity index is 2.20. The van der Waals surface area contributed by atoms with Crippen LogP contribution in [0.3, 0.4) is 0 Å². The van der Waals surface area contributed by atoms with E-state index < -0.39 is 0 Å². The number of hydrogen-bond acceptors (Lipinski definition) is 3. The molecule has 0 aliphatic carbocycles. The van der Waals surface area contributed by atoms with Crippen LogP contribution in [-0.4, -0.2) is 35.2 Å². The number of rotatable bonds is 4. The molecule has 0 atom stereocenters. The van der Waals surface area contributed by atoms with Crippen molar-refractivity contribution in [2.24, 2.45) is 0 Å². The van der Waals surface area contributed by atoms with Crippen LogP contribution in [0.1, 0.15) is 38.4 Å². The Kier molecular flexibility index (Phi) is 4.54. The van der Waals surface area contributed by atoms with Crippen LogP contribution in [0.5, 0.6) is 5.75 Å². The lowest BCUT2D eigenvalue weighted by atomic mass is 10.1. The van der Waals surface area contributed by atoms with Crippen molar-refractivity contribution in [2.75, 3.05) is 14.2 Å². The molecule has 0 bridgehead atoms. The molecule has 1 N–H and O–H groups in total. The quantitative estimate of drug-likeness (QED) is 0.944. The van der Waals surface area contributed by atoms with Crippen molar-refractivity contribution in [2.45, 2.75) is 34.2 Å². The fourth-order valence-corrected chi connectivity index (χ4v) is 2.67. The average molecular weight is 301 g/mol. The number of amides is 1. The van der Waals surface area contributed by atoms with E-state index in [-0.39, 0.29) is 5.91 Å². The Morgan fingerprint density at radius 1 is 1.23 bits per heavy atom. The van der Waals surface area contributed by atoms with E-state index in [2.05, 4.69) is 22.3 Å². The minimum absolute atomic E-state index is 0.0759. The predicted molar refractivity (Wildman–Crippen MR) is 86.3 cm³/mol. The van der Waals surface area contributed by atoms with Crippen molar-refractivity contribution in [3.8, 4) is 5.75 Å². The highest BCUT2D eigenvalue weighted by Gasteiger charge is 2.19. The van der Waals surface area contributed by atoms with Crippen molar-refractivity contribution in [3.63, 3.8) is 0 Å². The van der Waals surface area contributed by atoms with Gasteiger partial charge >= 0.3 is 0 Å². The molecule has 1 amide bonds. The molecular weight excluding hydrogens is 278 g/mol. The number of methoxy groups -OCH3 is 1. The first-order chi connectivity index (χ1) is 10.3. The first-order valence-corrected chi connectivity index (χ1v) is 7.26. The number of carbonyl (C=O) groups excluding carboxylic acids is 1. The molecule has 0 spiro atoms. The van der Waals surface area contributed by atoms with Crippen molar-refractivity contribution in [3.05, 3.63) is 45.8 Å². The van der Waals surface area contributed by atoms with Gasteiger partial charge in [-0.3, -0.25) is 9.89 Å². The molecule has 5 heteroatoms. The summed E-state index contributed by atoms with van der Waals surface area (Å²) in [4.78, 5) is 14.2. The molecule has 0 aliphatic rings. The van der Waals surface area contributed by atoms with E-state index in [4.69, 9.17) is 4.74 Å². The van der Waals surface area contributed by atoms with Crippen LogP contribution in [0.2, 0.25) is 0 Å². The zero-order valence-electron chi connectivity index (χ0n) is 14.1. The summed E-state index contributed by atoms with van der Waals surface area (Å²) in [7, 11) is 3.47. The molecule has 118 valence electrons. The molecule has 0 saturated carbocycles. The monoisotopic (exact) mass is 301 g/mol. The highest BCUT2D eigenvalue weighted by atomic mass is 16.5. The molecular formula is C17H23N3O2. The summed E-state index contributed by atoms with van der Waals surface area (Å²) < 4.78 is 5.38. The standard InChI is InChI=1S/C17H23N3O2/c1-10-7-14(8-11(2)16(10)22-6)9-20(5)17(21)15-12(3)13(4)18-19-15/h7-8H,9H2,1-6H3,(H,18,19). The van der Waals surface area contributed by atoms with Gasteiger partial charge in [-0.25, -0.2) is 0 Å². The van der Waals surface area contributed by atoms with Crippen LogP contribution >= 0.6 is 0 Å². The van der Waals surface area contributed by atoms with Crippen LogP contribution < -0.4 is 4.74 Å². The van der Waals surface area contributed by atoms with Crippen molar-refractivity contribution >= 4 is 5.91 Å². The molecule has 1 aromatic carbocycles. The van der Waals surface area contributed by atoms with E-state index in [0.29, 0.717) is 12.2 Å². The first-order valence-electron chi connectivity index (χ1n) is 7.26. The van der Waals surface area contributed by atoms with E-state index in [1.807, 2.05) is 27.7 Å². The van der Waals surface area contributed by atoms with Gasteiger partial charge in [0, 0.05) is 24.8 Å². The Morgan fingerprint density at radius 3 is 2.27 bits per heavy atom. The predicted octanol–water partition coefficient (Wildman–Crippen LogP) is 2.92. The highest BCUT2D eigenvalue weighted by Crippen LogP contribution is 2.25. The summed E-state index contributed by atoms with van der Waals surface area (Å²) in [5.41, 5.74) is 5.54. The third-order valence-corrected chi connectivity index (χ3v) is 3.95. The molecule has 0 aliphatic heterocycles. The number of nitrogens with zero attached hydrogens (tertiary/aromatic N) is 2. The Morgan fingerprint density at radius 2 is 1.82 bits per heavy atom. The normalized spacial score (nSPS) is 10.6. The van der Waals surface area contributed by atoms with Gasteiger partial charge in [0.15, 0.2) is 5.69 Å². The number of aromatic amines is 1. The fourth-order valence-electron chi connectivity index (χ4n) is 2.67. The number of ether oxygens (including phenoxy) is 1.